The lowest BCUT2D eigenvalue weighted by Crippen LogP contribution is -1.97. The fourth-order valence-corrected chi connectivity index (χ4v) is 2.50. The van der Waals surface area contributed by atoms with Crippen LogP contribution in [0.2, 0.25) is 0 Å². The van der Waals surface area contributed by atoms with Crippen molar-refractivity contribution >= 4 is 11.8 Å². The molecule has 0 saturated heterocycles. The number of ether oxygens (including phenoxy) is 1. The molecule has 4 nitrogen and oxygen atoms in total. The summed E-state index contributed by atoms with van der Waals surface area (Å²) < 4.78 is 7.03. The van der Waals surface area contributed by atoms with Crippen molar-refractivity contribution in [1.82, 2.24) is 9.55 Å². The summed E-state index contributed by atoms with van der Waals surface area (Å²) in [4.78, 5) is 4.28. The van der Waals surface area contributed by atoms with E-state index in [9.17, 15) is 0 Å². The molecule has 1 aromatic carbocycles. The SMILES string of the molecule is COc1ccc(CSc2ncc(CO)n2C)cc1. The predicted octanol–water partition coefficient (Wildman–Crippen LogP) is 2.21. The van der Waals surface area contributed by atoms with E-state index in [1.54, 1.807) is 25.1 Å². The number of hydrogen-bond acceptors (Lipinski definition) is 4. The molecule has 5 heteroatoms. The van der Waals surface area contributed by atoms with Crippen LogP contribution in [0.5, 0.6) is 5.75 Å². The predicted molar refractivity (Wildman–Crippen MR) is 71.7 cm³/mol. The number of aliphatic hydroxyl groups is 1. The fourth-order valence-electron chi connectivity index (χ4n) is 1.58. The molecule has 96 valence electrons. The van der Waals surface area contributed by atoms with Crippen LogP contribution < -0.4 is 4.74 Å². The van der Waals surface area contributed by atoms with E-state index in [4.69, 9.17) is 9.84 Å². The van der Waals surface area contributed by atoms with Crippen molar-refractivity contribution in [2.75, 3.05) is 7.11 Å². The summed E-state index contributed by atoms with van der Waals surface area (Å²) in [5.41, 5.74) is 2.04. The zero-order valence-corrected chi connectivity index (χ0v) is 11.3. The summed E-state index contributed by atoms with van der Waals surface area (Å²) in [5.74, 6) is 1.71. The average Bonchev–Trinajstić information content (AvgIpc) is 2.77. The van der Waals surface area contributed by atoms with Gasteiger partial charge in [0.1, 0.15) is 5.75 Å². The second-order valence-corrected chi connectivity index (χ2v) is 4.83. The van der Waals surface area contributed by atoms with Crippen LogP contribution in [-0.2, 0) is 19.4 Å². The molecule has 2 rings (SSSR count). The fraction of sp³-hybridized carbons (Fsp3) is 0.308. The van der Waals surface area contributed by atoms with Gasteiger partial charge in [-0.05, 0) is 17.7 Å². The van der Waals surface area contributed by atoms with E-state index in [-0.39, 0.29) is 6.61 Å². The Hall–Kier alpha value is -1.46. The van der Waals surface area contributed by atoms with Gasteiger partial charge in [-0.3, -0.25) is 0 Å². The highest BCUT2D eigenvalue weighted by Crippen LogP contribution is 2.23. The molecule has 0 saturated carbocycles. The number of aliphatic hydroxyl groups excluding tert-OH is 1. The first-order valence-electron chi connectivity index (χ1n) is 5.61. The summed E-state index contributed by atoms with van der Waals surface area (Å²) in [5, 5.41) is 10.0. The quantitative estimate of drug-likeness (QED) is 0.841. The van der Waals surface area contributed by atoms with Gasteiger partial charge in [-0.1, -0.05) is 23.9 Å². The topological polar surface area (TPSA) is 47.3 Å². The molecular weight excluding hydrogens is 248 g/mol. The number of thioether (sulfide) groups is 1. The van der Waals surface area contributed by atoms with Crippen LogP contribution in [0, 0.1) is 0 Å². The highest BCUT2D eigenvalue weighted by Gasteiger charge is 2.06. The maximum absolute atomic E-state index is 9.09. The molecule has 1 N–H and O–H groups in total. The first-order valence-corrected chi connectivity index (χ1v) is 6.60. The first-order chi connectivity index (χ1) is 8.74. The number of aromatic nitrogens is 2. The lowest BCUT2D eigenvalue weighted by atomic mass is 10.2. The smallest absolute Gasteiger partial charge is 0.168 e. The maximum Gasteiger partial charge on any atom is 0.168 e. The number of benzene rings is 1. The molecule has 1 aromatic heterocycles. The van der Waals surface area contributed by atoms with Crippen molar-refractivity contribution in [1.29, 1.82) is 0 Å². The number of nitrogens with zero attached hydrogens (tertiary/aromatic N) is 2. The van der Waals surface area contributed by atoms with E-state index >= 15 is 0 Å². The lowest BCUT2D eigenvalue weighted by Gasteiger charge is -2.05. The Labute approximate surface area is 111 Å². The molecule has 0 unspecified atom stereocenters. The number of hydrogen-bond donors (Lipinski definition) is 1. The summed E-state index contributed by atoms with van der Waals surface area (Å²) in [7, 11) is 3.57. The average molecular weight is 264 g/mol. The van der Waals surface area contributed by atoms with Gasteiger partial charge in [0, 0.05) is 12.8 Å². The summed E-state index contributed by atoms with van der Waals surface area (Å²) in [6, 6.07) is 7.99. The van der Waals surface area contributed by atoms with Gasteiger partial charge in [0.05, 0.1) is 25.6 Å². The summed E-state index contributed by atoms with van der Waals surface area (Å²) >= 11 is 1.65. The van der Waals surface area contributed by atoms with E-state index in [2.05, 4.69) is 4.98 Å². The molecule has 0 aliphatic carbocycles. The Kier molecular flexibility index (Phi) is 4.28. The van der Waals surface area contributed by atoms with Crippen LogP contribution in [0.1, 0.15) is 11.3 Å². The molecule has 0 radical (unpaired) electrons. The first kappa shape index (κ1) is 13.0. The van der Waals surface area contributed by atoms with Crippen LogP contribution in [0.15, 0.2) is 35.6 Å². The molecule has 0 spiro atoms. The van der Waals surface area contributed by atoms with Crippen LogP contribution in [0.3, 0.4) is 0 Å². The molecule has 0 aliphatic rings. The van der Waals surface area contributed by atoms with Crippen LogP contribution in [0.25, 0.3) is 0 Å². The van der Waals surface area contributed by atoms with Gasteiger partial charge in [-0.15, -0.1) is 0 Å². The van der Waals surface area contributed by atoms with E-state index in [1.165, 1.54) is 5.56 Å². The van der Waals surface area contributed by atoms with Gasteiger partial charge >= 0.3 is 0 Å². The normalized spacial score (nSPS) is 10.6. The van der Waals surface area contributed by atoms with Crippen molar-refractivity contribution in [3.8, 4) is 5.75 Å². The lowest BCUT2D eigenvalue weighted by molar-refractivity contribution is 0.271. The van der Waals surface area contributed by atoms with Gasteiger partial charge in [-0.25, -0.2) is 4.98 Å². The molecule has 0 bridgehead atoms. The third-order valence-electron chi connectivity index (χ3n) is 2.73. The molecule has 0 fully saturated rings. The number of imidazole rings is 1. The highest BCUT2D eigenvalue weighted by molar-refractivity contribution is 7.98. The second kappa shape index (κ2) is 5.93. The molecular formula is C13H16N2O2S. The zero-order valence-electron chi connectivity index (χ0n) is 10.5. The van der Waals surface area contributed by atoms with Gasteiger partial charge in [0.15, 0.2) is 5.16 Å². The van der Waals surface area contributed by atoms with Crippen molar-refractivity contribution in [3.05, 3.63) is 41.7 Å². The van der Waals surface area contributed by atoms with Gasteiger partial charge in [0.2, 0.25) is 0 Å². The second-order valence-electron chi connectivity index (χ2n) is 3.89. The minimum atomic E-state index is 0.0204. The maximum atomic E-state index is 9.09. The Balaban J connectivity index is 1.99. The van der Waals surface area contributed by atoms with Gasteiger partial charge in [-0.2, -0.15) is 0 Å². The third kappa shape index (κ3) is 2.86. The minimum Gasteiger partial charge on any atom is -0.497 e. The molecule has 0 amide bonds. The van der Waals surface area contributed by atoms with Crippen LogP contribution >= 0.6 is 11.8 Å². The zero-order chi connectivity index (χ0) is 13.0. The van der Waals surface area contributed by atoms with Crippen molar-refractivity contribution in [2.24, 2.45) is 7.05 Å². The van der Waals surface area contributed by atoms with Crippen molar-refractivity contribution < 1.29 is 9.84 Å². The highest BCUT2D eigenvalue weighted by atomic mass is 32.2. The Bertz CT molecular complexity index is 508. The summed E-state index contributed by atoms with van der Waals surface area (Å²) in [6.45, 7) is 0.0204. The van der Waals surface area contributed by atoms with E-state index < -0.39 is 0 Å². The molecule has 0 atom stereocenters. The molecule has 0 aliphatic heterocycles. The number of methoxy groups -OCH3 is 1. The van der Waals surface area contributed by atoms with E-state index in [0.29, 0.717) is 0 Å². The van der Waals surface area contributed by atoms with E-state index in [0.717, 1.165) is 22.4 Å². The van der Waals surface area contributed by atoms with Crippen LogP contribution in [0.4, 0.5) is 0 Å². The molecule has 18 heavy (non-hydrogen) atoms. The molecule has 2 aromatic rings. The largest absolute Gasteiger partial charge is 0.497 e. The van der Waals surface area contributed by atoms with Crippen molar-refractivity contribution in [2.45, 2.75) is 17.5 Å². The number of rotatable bonds is 5. The Morgan fingerprint density at radius 3 is 2.61 bits per heavy atom. The van der Waals surface area contributed by atoms with Crippen LogP contribution in [-0.4, -0.2) is 21.8 Å². The molecule has 1 heterocycles. The van der Waals surface area contributed by atoms with Crippen molar-refractivity contribution in [3.63, 3.8) is 0 Å². The monoisotopic (exact) mass is 264 g/mol. The van der Waals surface area contributed by atoms with E-state index in [1.807, 2.05) is 35.9 Å². The Morgan fingerprint density at radius 1 is 1.33 bits per heavy atom. The minimum absolute atomic E-state index is 0.0204. The Morgan fingerprint density at radius 2 is 2.06 bits per heavy atom. The van der Waals surface area contributed by atoms with Gasteiger partial charge in [0.25, 0.3) is 0 Å². The standard InChI is InChI=1S/C13H16N2O2S/c1-15-11(8-16)7-14-13(15)18-9-10-3-5-12(17-2)6-4-10/h3-7,16H,8-9H2,1-2H3. The third-order valence-corrected chi connectivity index (χ3v) is 3.85. The summed E-state index contributed by atoms with van der Waals surface area (Å²) in [6.07, 6.45) is 1.70. The van der Waals surface area contributed by atoms with Gasteiger partial charge < -0.3 is 14.4 Å².